The van der Waals surface area contributed by atoms with Gasteiger partial charge >= 0.3 is 0 Å². The summed E-state index contributed by atoms with van der Waals surface area (Å²) in [6.07, 6.45) is 1.95. The van der Waals surface area contributed by atoms with Crippen molar-refractivity contribution in [2.24, 2.45) is 0 Å². The van der Waals surface area contributed by atoms with Gasteiger partial charge in [0.15, 0.2) is 0 Å². The molecule has 0 N–H and O–H groups in total. The molecular weight excluding hydrogens is 807 g/mol. The predicted molar refractivity (Wildman–Crippen MR) is 279 cm³/mol. The van der Waals surface area contributed by atoms with Crippen molar-refractivity contribution in [3.8, 4) is 23.0 Å². The van der Waals surface area contributed by atoms with Gasteiger partial charge in [-0.3, -0.25) is 4.57 Å². The molecule has 0 amide bonds. The number of aromatic nitrogens is 3. The number of nitrogens with zero attached hydrogens (tertiary/aromatic N) is 5. The fourth-order valence-electron chi connectivity index (χ4n) is 9.52. The summed E-state index contributed by atoms with van der Waals surface area (Å²) in [6, 6.07) is 53.1. The van der Waals surface area contributed by atoms with Crippen molar-refractivity contribution in [1.82, 2.24) is 14.1 Å². The molecule has 6 aromatic carbocycles. The third-order valence-electron chi connectivity index (χ3n) is 13.4. The quantitative estimate of drug-likeness (QED) is 0.167. The van der Waals surface area contributed by atoms with E-state index in [9.17, 15) is 0 Å². The van der Waals surface area contributed by atoms with Gasteiger partial charge in [-0.2, -0.15) is 0 Å². The van der Waals surface area contributed by atoms with Crippen molar-refractivity contribution in [2.75, 3.05) is 16.5 Å². The van der Waals surface area contributed by atoms with E-state index >= 15 is 0 Å². The third-order valence-corrected chi connectivity index (χ3v) is 13.4. The molecule has 6 nitrogen and oxygen atoms in total. The number of hydrogen-bond donors (Lipinski definition) is 0. The van der Waals surface area contributed by atoms with E-state index in [1.807, 2.05) is 6.20 Å². The fraction of sp³-hybridized carbons (Fsp3) is 0.283. The molecular formula is C60H63N5O. The van der Waals surface area contributed by atoms with Crippen LogP contribution in [0.4, 0.5) is 22.7 Å². The number of benzene rings is 6. The zero-order valence-corrected chi connectivity index (χ0v) is 40.8. The van der Waals surface area contributed by atoms with Crippen molar-refractivity contribution >= 4 is 55.6 Å². The van der Waals surface area contributed by atoms with Crippen LogP contribution in [-0.2, 0) is 21.7 Å². The van der Waals surface area contributed by atoms with E-state index in [4.69, 9.17) is 9.72 Å². The van der Waals surface area contributed by atoms with Gasteiger partial charge in [0.25, 0.3) is 0 Å². The first-order chi connectivity index (χ1) is 31.2. The van der Waals surface area contributed by atoms with Gasteiger partial charge in [0.05, 0.1) is 33.4 Å². The number of ether oxygens (including phenoxy) is 1. The summed E-state index contributed by atoms with van der Waals surface area (Å²) in [5.74, 6) is 2.44. The Morgan fingerprint density at radius 2 is 0.939 bits per heavy atom. The number of hydrogen-bond acceptors (Lipinski definition) is 4. The van der Waals surface area contributed by atoms with Crippen LogP contribution in [0, 0.1) is 0 Å². The second-order valence-electron chi connectivity index (χ2n) is 22.4. The van der Waals surface area contributed by atoms with E-state index in [1.54, 1.807) is 0 Å². The van der Waals surface area contributed by atoms with Gasteiger partial charge in [-0.25, -0.2) is 4.98 Å². The van der Waals surface area contributed by atoms with Gasteiger partial charge in [0, 0.05) is 46.2 Å². The summed E-state index contributed by atoms with van der Waals surface area (Å²) in [4.78, 5) is 10.00. The zero-order valence-electron chi connectivity index (χ0n) is 40.8. The van der Waals surface area contributed by atoms with Gasteiger partial charge in [-0.15, -0.1) is 0 Å². The molecule has 0 saturated heterocycles. The average molecular weight is 870 g/mol. The van der Waals surface area contributed by atoms with Crippen LogP contribution in [0.3, 0.4) is 0 Å². The van der Waals surface area contributed by atoms with E-state index in [1.165, 1.54) is 44.7 Å². The normalized spacial score (nSPS) is 13.6. The number of pyridine rings is 1. The monoisotopic (exact) mass is 870 g/mol. The molecule has 3 aromatic heterocycles. The van der Waals surface area contributed by atoms with Gasteiger partial charge in [-0.05, 0) is 123 Å². The highest BCUT2D eigenvalue weighted by Crippen LogP contribution is 2.48. The molecule has 0 aliphatic carbocycles. The number of anilines is 4. The first kappa shape index (κ1) is 43.1. The van der Waals surface area contributed by atoms with Gasteiger partial charge in [-0.1, -0.05) is 138 Å². The lowest BCUT2D eigenvalue weighted by Crippen LogP contribution is -2.26. The molecule has 0 atom stereocenters. The predicted octanol–water partition coefficient (Wildman–Crippen LogP) is 16.4. The van der Waals surface area contributed by atoms with E-state index in [-0.39, 0.29) is 21.7 Å². The van der Waals surface area contributed by atoms with Crippen molar-refractivity contribution in [3.05, 3.63) is 174 Å². The van der Waals surface area contributed by atoms with E-state index in [2.05, 4.69) is 248 Å². The molecule has 9 aromatic rings. The average Bonchev–Trinajstić information content (AvgIpc) is 3.93. The van der Waals surface area contributed by atoms with Crippen LogP contribution in [0.2, 0.25) is 0 Å². The second kappa shape index (κ2) is 15.4. The fourth-order valence-corrected chi connectivity index (χ4v) is 9.52. The Hall–Kier alpha value is -6.79. The topological polar surface area (TPSA) is 38.5 Å². The molecule has 66 heavy (non-hydrogen) atoms. The van der Waals surface area contributed by atoms with Gasteiger partial charge in [0.2, 0.25) is 0 Å². The molecule has 0 bridgehead atoms. The number of rotatable bonds is 6. The van der Waals surface area contributed by atoms with E-state index < -0.39 is 0 Å². The maximum atomic E-state index is 7.09. The smallest absolute Gasteiger partial charge is 0.137 e. The molecule has 6 heteroatoms. The minimum atomic E-state index is -0.132. The van der Waals surface area contributed by atoms with Crippen molar-refractivity contribution < 1.29 is 4.74 Å². The highest BCUT2D eigenvalue weighted by atomic mass is 16.5. The summed E-state index contributed by atoms with van der Waals surface area (Å²) >= 11 is 0. The molecule has 0 spiro atoms. The second-order valence-corrected chi connectivity index (χ2v) is 22.4. The molecule has 0 saturated carbocycles. The standard InChI is InChI=1S/C60H63N5O/c1-57(2,3)39-28-29-61-54(35-39)65-53-37-46(26-27-49(53)55-56(65)48-22-16-17-23-50(48)64(55)43-20-14-13-15-21-43)66-47-34-42(60(10,11)12)33-45(36-47)63-38-62(51-24-18-19-25-52(51)63)44-31-40(58(4,5)6)30-41(32-44)59(7,8)9/h13-37H,38H2,1-12H3. The highest BCUT2D eigenvalue weighted by Gasteiger charge is 2.32. The maximum absolute atomic E-state index is 7.09. The lowest BCUT2D eigenvalue weighted by molar-refractivity contribution is 0.479. The summed E-state index contributed by atoms with van der Waals surface area (Å²) < 4.78 is 11.8. The SMILES string of the molecule is CC(C)(C)c1cc(Oc2ccc3c(c2)n(-c2cc(C(C)(C)C)ccn2)c2c4ccccc4n(-c4ccccc4)c32)cc(N2CN(c3cc(C(C)(C)C)cc(C(C)(C)C)c3)c3ccccc32)c1. The Kier molecular flexibility index (Phi) is 10.1. The lowest BCUT2D eigenvalue weighted by Gasteiger charge is -2.29. The largest absolute Gasteiger partial charge is 0.457 e. The number of para-hydroxylation sites is 4. The van der Waals surface area contributed by atoms with Crippen LogP contribution >= 0.6 is 0 Å². The van der Waals surface area contributed by atoms with Crippen molar-refractivity contribution in [2.45, 2.75) is 105 Å². The molecule has 1 aliphatic heterocycles. The Morgan fingerprint density at radius 3 is 1.56 bits per heavy atom. The summed E-state index contributed by atoms with van der Waals surface area (Å²) in [5.41, 5.74) is 15.2. The lowest BCUT2D eigenvalue weighted by atomic mass is 9.80. The van der Waals surface area contributed by atoms with Crippen LogP contribution in [0.5, 0.6) is 11.5 Å². The van der Waals surface area contributed by atoms with Crippen molar-refractivity contribution in [3.63, 3.8) is 0 Å². The first-order valence-electron chi connectivity index (χ1n) is 23.5. The molecule has 334 valence electrons. The Balaban J connectivity index is 1.12. The van der Waals surface area contributed by atoms with Crippen LogP contribution in [0.1, 0.15) is 105 Å². The number of fused-ring (bicyclic) bond motifs is 6. The van der Waals surface area contributed by atoms with Crippen LogP contribution in [0.15, 0.2) is 152 Å². The van der Waals surface area contributed by atoms with Gasteiger partial charge in [0.1, 0.15) is 24.0 Å². The van der Waals surface area contributed by atoms with Gasteiger partial charge < -0.3 is 19.1 Å². The van der Waals surface area contributed by atoms with Crippen LogP contribution < -0.4 is 14.5 Å². The maximum Gasteiger partial charge on any atom is 0.137 e. The summed E-state index contributed by atoms with van der Waals surface area (Å²) in [7, 11) is 0. The minimum absolute atomic E-state index is 0.00567. The molecule has 0 radical (unpaired) electrons. The van der Waals surface area contributed by atoms with Crippen LogP contribution in [-0.4, -0.2) is 20.8 Å². The summed E-state index contributed by atoms with van der Waals surface area (Å²) in [6.45, 7) is 28.1. The Morgan fingerprint density at radius 1 is 0.409 bits per heavy atom. The van der Waals surface area contributed by atoms with E-state index in [0.29, 0.717) is 6.67 Å². The van der Waals surface area contributed by atoms with E-state index in [0.717, 1.165) is 56.1 Å². The summed E-state index contributed by atoms with van der Waals surface area (Å²) in [5, 5.41) is 2.30. The Bertz CT molecular complexity index is 3270. The third kappa shape index (κ3) is 7.60. The Labute approximate surface area is 391 Å². The first-order valence-corrected chi connectivity index (χ1v) is 23.5. The van der Waals surface area contributed by atoms with Crippen LogP contribution in [0.25, 0.3) is 44.3 Å². The zero-order chi connectivity index (χ0) is 46.5. The molecule has 4 heterocycles. The van der Waals surface area contributed by atoms with Crippen molar-refractivity contribution in [1.29, 1.82) is 0 Å². The highest BCUT2D eigenvalue weighted by molar-refractivity contribution is 6.20. The molecule has 0 unspecified atom stereocenters. The molecule has 0 fully saturated rings. The minimum Gasteiger partial charge on any atom is -0.457 e. The molecule has 10 rings (SSSR count). The molecule has 1 aliphatic rings.